The zero-order valence-electron chi connectivity index (χ0n) is 12.3. The number of nitrogens with one attached hydrogen (secondary N) is 2. The van der Waals surface area contributed by atoms with E-state index in [1.54, 1.807) is 12.5 Å². The van der Waals surface area contributed by atoms with Crippen LogP contribution in [-0.4, -0.2) is 59.2 Å². The summed E-state index contributed by atoms with van der Waals surface area (Å²) in [5, 5.41) is 2.93. The summed E-state index contributed by atoms with van der Waals surface area (Å²) in [7, 11) is 0. The number of aromatic amines is 1. The number of ether oxygens (including phenoxy) is 1. The Kier molecular flexibility index (Phi) is 5.55. The Morgan fingerprint density at radius 3 is 3.20 bits per heavy atom. The maximum atomic E-state index is 11.9. The van der Waals surface area contributed by atoms with Crippen LogP contribution in [0.15, 0.2) is 12.5 Å². The average Bonchev–Trinajstić information content (AvgIpc) is 2.92. The van der Waals surface area contributed by atoms with Crippen molar-refractivity contribution in [3.63, 3.8) is 0 Å². The lowest BCUT2D eigenvalue weighted by Gasteiger charge is -2.35. The number of hydrogen-bond donors (Lipinski definition) is 2. The molecule has 6 nitrogen and oxygen atoms in total. The van der Waals surface area contributed by atoms with Crippen molar-refractivity contribution in [3.05, 3.63) is 18.2 Å². The first kappa shape index (κ1) is 15.0. The molecule has 6 heteroatoms. The number of nitrogens with zero attached hydrogens (tertiary/aromatic N) is 2. The van der Waals surface area contributed by atoms with Gasteiger partial charge in [0.15, 0.2) is 0 Å². The average molecular weight is 280 g/mol. The molecule has 2 N–H and O–H groups in total. The van der Waals surface area contributed by atoms with E-state index in [9.17, 15) is 4.79 Å². The number of hydrogen-bond acceptors (Lipinski definition) is 4. The topological polar surface area (TPSA) is 70.2 Å². The van der Waals surface area contributed by atoms with Crippen LogP contribution in [0.4, 0.5) is 0 Å². The molecule has 0 radical (unpaired) electrons. The number of carbonyl (C=O) groups is 1. The third kappa shape index (κ3) is 4.61. The molecule has 0 saturated carbocycles. The van der Waals surface area contributed by atoms with Crippen LogP contribution in [0.5, 0.6) is 0 Å². The lowest BCUT2D eigenvalue weighted by Crippen LogP contribution is -2.47. The molecule has 2 heterocycles. The Labute approximate surface area is 119 Å². The molecule has 1 saturated heterocycles. The van der Waals surface area contributed by atoms with Gasteiger partial charge in [-0.25, -0.2) is 4.98 Å². The van der Waals surface area contributed by atoms with Gasteiger partial charge >= 0.3 is 0 Å². The molecule has 0 bridgehead atoms. The third-order valence-corrected chi connectivity index (χ3v) is 3.58. The second-order valence-electron chi connectivity index (χ2n) is 5.46. The molecule has 1 aromatic heterocycles. The minimum atomic E-state index is 0.0123. The molecule has 0 aromatic carbocycles. The number of morpholine rings is 1. The summed E-state index contributed by atoms with van der Waals surface area (Å²) in [4.78, 5) is 21.2. The van der Waals surface area contributed by atoms with Crippen molar-refractivity contribution >= 4 is 5.91 Å². The molecule has 0 unspecified atom stereocenters. The van der Waals surface area contributed by atoms with Gasteiger partial charge in [-0.2, -0.15) is 0 Å². The number of carbonyl (C=O) groups excluding carboxylic acids is 1. The van der Waals surface area contributed by atoms with E-state index in [1.165, 1.54) is 0 Å². The summed E-state index contributed by atoms with van der Waals surface area (Å²) in [6.45, 7) is 7.48. The standard InChI is InChI=1S/C14H24N4O2/c1-11(2)18-5-6-20-13(9-18)7-14(19)16-4-3-12-8-15-10-17-12/h8,10-11,13H,3-7,9H2,1-2H3,(H,15,17)(H,16,19)/t13-/m0/s1. The highest BCUT2D eigenvalue weighted by molar-refractivity contribution is 5.76. The summed E-state index contributed by atoms with van der Waals surface area (Å²) < 4.78 is 5.66. The Morgan fingerprint density at radius 2 is 2.50 bits per heavy atom. The minimum Gasteiger partial charge on any atom is -0.375 e. The molecule has 0 aliphatic carbocycles. The van der Waals surface area contributed by atoms with E-state index in [0.717, 1.165) is 25.2 Å². The van der Waals surface area contributed by atoms with Crippen LogP contribution in [0.25, 0.3) is 0 Å². The van der Waals surface area contributed by atoms with Gasteiger partial charge in [0, 0.05) is 44.0 Å². The van der Waals surface area contributed by atoms with Gasteiger partial charge in [-0.3, -0.25) is 9.69 Å². The number of aromatic nitrogens is 2. The fourth-order valence-corrected chi connectivity index (χ4v) is 2.37. The van der Waals surface area contributed by atoms with Crippen molar-refractivity contribution in [2.75, 3.05) is 26.2 Å². The SMILES string of the molecule is CC(C)N1CCO[C@@H](CC(=O)NCCc2cnc[nH]2)C1. The predicted octanol–water partition coefficient (Wildman–Crippen LogP) is 0.568. The Hall–Kier alpha value is -1.40. The third-order valence-electron chi connectivity index (χ3n) is 3.58. The van der Waals surface area contributed by atoms with Gasteiger partial charge in [-0.05, 0) is 13.8 Å². The molecular weight excluding hydrogens is 256 g/mol. The summed E-state index contributed by atoms with van der Waals surface area (Å²) in [5.41, 5.74) is 1.03. The fourth-order valence-electron chi connectivity index (χ4n) is 2.37. The highest BCUT2D eigenvalue weighted by Crippen LogP contribution is 2.11. The monoisotopic (exact) mass is 280 g/mol. The van der Waals surface area contributed by atoms with Crippen LogP contribution < -0.4 is 5.32 Å². The van der Waals surface area contributed by atoms with Crippen LogP contribution in [-0.2, 0) is 16.0 Å². The minimum absolute atomic E-state index is 0.0123. The van der Waals surface area contributed by atoms with Crippen LogP contribution in [0.2, 0.25) is 0 Å². The van der Waals surface area contributed by atoms with Gasteiger partial charge in [0.2, 0.25) is 5.91 Å². The Bertz CT molecular complexity index is 405. The molecule has 20 heavy (non-hydrogen) atoms. The fraction of sp³-hybridized carbons (Fsp3) is 0.714. The zero-order chi connectivity index (χ0) is 14.4. The van der Waals surface area contributed by atoms with E-state index >= 15 is 0 Å². The Balaban J connectivity index is 1.66. The number of imidazole rings is 1. The normalized spacial score (nSPS) is 20.2. The van der Waals surface area contributed by atoms with Crippen molar-refractivity contribution in [2.24, 2.45) is 0 Å². The van der Waals surface area contributed by atoms with Gasteiger partial charge in [0.1, 0.15) is 0 Å². The van der Waals surface area contributed by atoms with E-state index in [4.69, 9.17) is 4.74 Å². The van der Waals surface area contributed by atoms with E-state index in [0.29, 0.717) is 25.6 Å². The van der Waals surface area contributed by atoms with Gasteiger partial charge < -0.3 is 15.0 Å². The van der Waals surface area contributed by atoms with Gasteiger partial charge in [-0.15, -0.1) is 0 Å². The van der Waals surface area contributed by atoms with E-state index in [-0.39, 0.29) is 12.0 Å². The van der Waals surface area contributed by atoms with E-state index in [1.807, 2.05) is 0 Å². The first-order valence-electron chi connectivity index (χ1n) is 7.24. The maximum absolute atomic E-state index is 11.9. The van der Waals surface area contributed by atoms with Crippen LogP contribution in [0, 0.1) is 0 Å². The highest BCUT2D eigenvalue weighted by atomic mass is 16.5. The molecule has 1 fully saturated rings. The largest absolute Gasteiger partial charge is 0.375 e. The maximum Gasteiger partial charge on any atom is 0.222 e. The highest BCUT2D eigenvalue weighted by Gasteiger charge is 2.24. The van der Waals surface area contributed by atoms with E-state index in [2.05, 4.69) is 34.0 Å². The molecule has 1 aliphatic heterocycles. The van der Waals surface area contributed by atoms with Gasteiger partial charge in [0.05, 0.1) is 25.5 Å². The Morgan fingerprint density at radius 1 is 1.65 bits per heavy atom. The second kappa shape index (κ2) is 7.40. The number of rotatable bonds is 6. The lowest BCUT2D eigenvalue weighted by molar-refractivity contribution is -0.126. The quantitative estimate of drug-likeness (QED) is 0.799. The van der Waals surface area contributed by atoms with E-state index < -0.39 is 0 Å². The summed E-state index contributed by atoms with van der Waals surface area (Å²) in [5.74, 6) is 0.0557. The molecular formula is C14H24N4O2. The molecule has 112 valence electrons. The summed E-state index contributed by atoms with van der Waals surface area (Å²) >= 11 is 0. The van der Waals surface area contributed by atoms with Crippen LogP contribution >= 0.6 is 0 Å². The van der Waals surface area contributed by atoms with Crippen molar-refractivity contribution in [2.45, 2.75) is 38.8 Å². The first-order valence-corrected chi connectivity index (χ1v) is 7.24. The molecule has 1 aromatic rings. The van der Waals surface area contributed by atoms with Crippen molar-refractivity contribution in [3.8, 4) is 0 Å². The zero-order valence-corrected chi connectivity index (χ0v) is 12.3. The first-order chi connectivity index (χ1) is 9.65. The molecule has 1 aliphatic rings. The summed E-state index contributed by atoms with van der Waals surface area (Å²) in [6.07, 6.45) is 4.64. The number of H-pyrrole nitrogens is 1. The molecule has 1 atom stereocenters. The predicted molar refractivity (Wildman–Crippen MR) is 76.4 cm³/mol. The van der Waals surface area contributed by atoms with Crippen molar-refractivity contribution in [1.82, 2.24) is 20.2 Å². The number of amides is 1. The lowest BCUT2D eigenvalue weighted by atomic mass is 10.1. The molecule has 1 amide bonds. The second-order valence-corrected chi connectivity index (χ2v) is 5.46. The smallest absolute Gasteiger partial charge is 0.222 e. The van der Waals surface area contributed by atoms with Gasteiger partial charge in [0.25, 0.3) is 0 Å². The molecule has 2 rings (SSSR count). The van der Waals surface area contributed by atoms with Crippen LogP contribution in [0.3, 0.4) is 0 Å². The van der Waals surface area contributed by atoms with Crippen LogP contribution in [0.1, 0.15) is 26.0 Å². The molecule has 0 spiro atoms. The van der Waals surface area contributed by atoms with Gasteiger partial charge in [-0.1, -0.05) is 0 Å². The summed E-state index contributed by atoms with van der Waals surface area (Å²) in [6, 6.07) is 0.504. The van der Waals surface area contributed by atoms with Crippen molar-refractivity contribution < 1.29 is 9.53 Å². The van der Waals surface area contributed by atoms with Crippen molar-refractivity contribution in [1.29, 1.82) is 0 Å².